The lowest BCUT2D eigenvalue weighted by atomic mass is 10.2. The van der Waals surface area contributed by atoms with E-state index in [1.807, 2.05) is 14.0 Å². The SMILES string of the molecule is CCC1CN(C)CCCN1S(=O)(=O)c1ccccc1CO. The average molecular weight is 312 g/mol. The van der Waals surface area contributed by atoms with E-state index in [0.717, 1.165) is 25.9 Å². The molecule has 1 aliphatic rings. The highest BCUT2D eigenvalue weighted by atomic mass is 32.2. The molecule has 21 heavy (non-hydrogen) atoms. The number of benzene rings is 1. The number of nitrogens with zero attached hydrogens (tertiary/aromatic N) is 2. The van der Waals surface area contributed by atoms with E-state index in [4.69, 9.17) is 0 Å². The summed E-state index contributed by atoms with van der Waals surface area (Å²) in [5.41, 5.74) is 0.463. The highest BCUT2D eigenvalue weighted by Crippen LogP contribution is 2.25. The summed E-state index contributed by atoms with van der Waals surface area (Å²) in [6.07, 6.45) is 1.61. The molecule has 0 radical (unpaired) electrons. The third-order valence-electron chi connectivity index (χ3n) is 4.05. The van der Waals surface area contributed by atoms with Crippen molar-refractivity contribution in [2.24, 2.45) is 0 Å². The lowest BCUT2D eigenvalue weighted by molar-refractivity contribution is 0.266. The molecule has 0 aliphatic carbocycles. The van der Waals surface area contributed by atoms with Crippen LogP contribution in [0, 0.1) is 0 Å². The molecule has 0 spiro atoms. The maximum atomic E-state index is 13.0. The van der Waals surface area contributed by atoms with Crippen LogP contribution in [0.2, 0.25) is 0 Å². The zero-order valence-electron chi connectivity index (χ0n) is 12.7. The highest BCUT2D eigenvalue weighted by Gasteiger charge is 2.33. The van der Waals surface area contributed by atoms with E-state index in [2.05, 4.69) is 4.90 Å². The molecule has 1 saturated heterocycles. The van der Waals surface area contributed by atoms with Gasteiger partial charge in [0, 0.05) is 19.1 Å². The first-order valence-corrected chi connectivity index (χ1v) is 8.83. The molecule has 1 aromatic carbocycles. The van der Waals surface area contributed by atoms with Crippen LogP contribution < -0.4 is 0 Å². The third-order valence-corrected chi connectivity index (χ3v) is 6.10. The average Bonchev–Trinajstić information content (AvgIpc) is 2.68. The molecular formula is C15H24N2O3S. The number of aliphatic hydroxyl groups excluding tert-OH is 1. The molecule has 2 rings (SSSR count). The molecule has 1 N–H and O–H groups in total. The maximum absolute atomic E-state index is 13.0. The van der Waals surface area contributed by atoms with Gasteiger partial charge in [0.15, 0.2) is 0 Å². The van der Waals surface area contributed by atoms with Crippen LogP contribution in [0.3, 0.4) is 0 Å². The van der Waals surface area contributed by atoms with Gasteiger partial charge < -0.3 is 10.0 Å². The number of hydrogen-bond donors (Lipinski definition) is 1. The normalized spacial score (nSPS) is 22.1. The Bertz CT molecular complexity index is 574. The van der Waals surface area contributed by atoms with Gasteiger partial charge >= 0.3 is 0 Å². The molecular weight excluding hydrogens is 288 g/mol. The van der Waals surface area contributed by atoms with E-state index in [9.17, 15) is 13.5 Å². The Morgan fingerprint density at radius 1 is 1.29 bits per heavy atom. The molecule has 1 aromatic rings. The van der Waals surface area contributed by atoms with E-state index in [1.54, 1.807) is 28.6 Å². The summed E-state index contributed by atoms with van der Waals surface area (Å²) >= 11 is 0. The van der Waals surface area contributed by atoms with Gasteiger partial charge in [-0.2, -0.15) is 4.31 Å². The van der Waals surface area contributed by atoms with Gasteiger partial charge in [-0.05, 0) is 38.1 Å². The topological polar surface area (TPSA) is 60.9 Å². The molecule has 1 aliphatic heterocycles. The Balaban J connectivity index is 2.41. The summed E-state index contributed by atoms with van der Waals surface area (Å²) in [7, 11) is -1.54. The largest absolute Gasteiger partial charge is 0.392 e. The summed E-state index contributed by atoms with van der Waals surface area (Å²) in [4.78, 5) is 2.41. The van der Waals surface area contributed by atoms with Crippen molar-refractivity contribution in [3.63, 3.8) is 0 Å². The standard InChI is InChI=1S/C15H24N2O3S/c1-3-14-11-16(2)9-6-10-17(14)21(19,20)15-8-5-4-7-13(15)12-18/h4-5,7-8,14,18H,3,6,9-12H2,1-2H3. The minimum atomic E-state index is -3.57. The van der Waals surface area contributed by atoms with Crippen molar-refractivity contribution < 1.29 is 13.5 Å². The first kappa shape index (κ1) is 16.4. The van der Waals surface area contributed by atoms with Crippen molar-refractivity contribution in [2.45, 2.75) is 37.3 Å². The van der Waals surface area contributed by atoms with Crippen LogP contribution >= 0.6 is 0 Å². The summed E-state index contributed by atoms with van der Waals surface area (Å²) in [5.74, 6) is 0. The van der Waals surface area contributed by atoms with Gasteiger partial charge in [-0.1, -0.05) is 25.1 Å². The number of rotatable bonds is 4. The second-order valence-electron chi connectivity index (χ2n) is 5.56. The highest BCUT2D eigenvalue weighted by molar-refractivity contribution is 7.89. The maximum Gasteiger partial charge on any atom is 0.243 e. The molecule has 1 atom stereocenters. The van der Waals surface area contributed by atoms with Crippen LogP contribution in [-0.4, -0.2) is 55.5 Å². The fourth-order valence-electron chi connectivity index (χ4n) is 2.88. The van der Waals surface area contributed by atoms with Crippen LogP contribution in [-0.2, 0) is 16.6 Å². The number of sulfonamides is 1. The Kier molecular flexibility index (Phi) is 5.37. The van der Waals surface area contributed by atoms with Crippen LogP contribution in [0.5, 0.6) is 0 Å². The molecule has 6 heteroatoms. The van der Waals surface area contributed by atoms with Crippen molar-refractivity contribution >= 4 is 10.0 Å². The van der Waals surface area contributed by atoms with Crippen molar-refractivity contribution in [2.75, 3.05) is 26.7 Å². The molecule has 1 fully saturated rings. The molecule has 0 saturated carbocycles. The Morgan fingerprint density at radius 3 is 2.67 bits per heavy atom. The van der Waals surface area contributed by atoms with Crippen LogP contribution in [0.4, 0.5) is 0 Å². The predicted molar refractivity (Wildman–Crippen MR) is 82.4 cm³/mol. The first-order chi connectivity index (χ1) is 10.0. The Labute approximate surface area is 127 Å². The zero-order chi connectivity index (χ0) is 15.5. The van der Waals surface area contributed by atoms with Gasteiger partial charge in [-0.3, -0.25) is 0 Å². The van der Waals surface area contributed by atoms with Crippen molar-refractivity contribution in [1.29, 1.82) is 0 Å². The van der Waals surface area contributed by atoms with Gasteiger partial charge in [0.2, 0.25) is 10.0 Å². The van der Waals surface area contributed by atoms with Crippen molar-refractivity contribution in [3.8, 4) is 0 Å². The summed E-state index contributed by atoms with van der Waals surface area (Å²) < 4.78 is 27.6. The number of hydrogen-bond acceptors (Lipinski definition) is 4. The molecule has 0 aromatic heterocycles. The number of likely N-dealkylation sites (N-methyl/N-ethyl adjacent to an activating group) is 1. The molecule has 118 valence electrons. The van der Waals surface area contributed by atoms with Gasteiger partial charge in [-0.15, -0.1) is 0 Å². The Hall–Kier alpha value is -0.950. The summed E-state index contributed by atoms with van der Waals surface area (Å²) in [6.45, 7) is 3.94. The van der Waals surface area contributed by atoms with Gasteiger partial charge in [0.1, 0.15) is 0 Å². The molecule has 0 bridgehead atoms. The lowest BCUT2D eigenvalue weighted by Gasteiger charge is -2.29. The van der Waals surface area contributed by atoms with Crippen LogP contribution in [0.15, 0.2) is 29.2 Å². The fraction of sp³-hybridized carbons (Fsp3) is 0.600. The first-order valence-electron chi connectivity index (χ1n) is 7.39. The summed E-state index contributed by atoms with van der Waals surface area (Å²) in [6, 6.07) is 6.68. The third kappa shape index (κ3) is 3.45. The van der Waals surface area contributed by atoms with Gasteiger partial charge in [-0.25, -0.2) is 8.42 Å². The Morgan fingerprint density at radius 2 is 2.00 bits per heavy atom. The molecule has 5 nitrogen and oxygen atoms in total. The minimum absolute atomic E-state index is 0.0192. The lowest BCUT2D eigenvalue weighted by Crippen LogP contribution is -2.43. The molecule has 1 heterocycles. The quantitative estimate of drug-likeness (QED) is 0.910. The van der Waals surface area contributed by atoms with Gasteiger partial charge in [0.25, 0.3) is 0 Å². The predicted octanol–water partition coefficient (Wildman–Crippen LogP) is 1.28. The second-order valence-corrected chi connectivity index (χ2v) is 7.42. The zero-order valence-corrected chi connectivity index (χ0v) is 13.5. The fourth-order valence-corrected chi connectivity index (χ4v) is 4.83. The van der Waals surface area contributed by atoms with E-state index in [-0.39, 0.29) is 17.5 Å². The van der Waals surface area contributed by atoms with E-state index >= 15 is 0 Å². The minimum Gasteiger partial charge on any atom is -0.392 e. The van der Waals surface area contributed by atoms with Crippen LogP contribution in [0.1, 0.15) is 25.3 Å². The van der Waals surface area contributed by atoms with Crippen molar-refractivity contribution in [1.82, 2.24) is 9.21 Å². The monoisotopic (exact) mass is 312 g/mol. The van der Waals surface area contributed by atoms with Crippen LogP contribution in [0.25, 0.3) is 0 Å². The van der Waals surface area contributed by atoms with E-state index < -0.39 is 10.0 Å². The van der Waals surface area contributed by atoms with Gasteiger partial charge in [0.05, 0.1) is 11.5 Å². The molecule has 0 amide bonds. The smallest absolute Gasteiger partial charge is 0.243 e. The molecule has 1 unspecified atom stereocenters. The summed E-state index contributed by atoms with van der Waals surface area (Å²) in [5, 5.41) is 9.41. The van der Waals surface area contributed by atoms with E-state index in [1.165, 1.54) is 0 Å². The second kappa shape index (κ2) is 6.87. The number of aliphatic hydroxyl groups is 1. The van der Waals surface area contributed by atoms with E-state index in [0.29, 0.717) is 12.1 Å². The van der Waals surface area contributed by atoms with Crippen molar-refractivity contribution in [3.05, 3.63) is 29.8 Å².